The van der Waals surface area contributed by atoms with E-state index in [0.717, 1.165) is 44.4 Å². The smallest absolute Gasteiger partial charge is 0.320 e. The zero-order chi connectivity index (χ0) is 23.5. The molecule has 4 aliphatic carbocycles. The van der Waals surface area contributed by atoms with Gasteiger partial charge in [-0.1, -0.05) is 25.7 Å². The number of rotatable bonds is 6. The molecule has 8 unspecified atom stereocenters. The quantitative estimate of drug-likeness (QED) is 0.417. The second-order valence-electron chi connectivity index (χ2n) is 12.3. The minimum absolute atomic E-state index is 0.0975. The van der Waals surface area contributed by atoms with E-state index >= 15 is 0 Å². The highest BCUT2D eigenvalue weighted by Crippen LogP contribution is 2.63. The Morgan fingerprint density at radius 2 is 1.73 bits per heavy atom. The van der Waals surface area contributed by atoms with Crippen molar-refractivity contribution < 1.29 is 28.6 Å². The van der Waals surface area contributed by atoms with Crippen LogP contribution < -0.4 is 0 Å². The molecule has 8 atom stereocenters. The van der Waals surface area contributed by atoms with Crippen LogP contribution in [0, 0.1) is 40.9 Å². The summed E-state index contributed by atoms with van der Waals surface area (Å²) in [5, 5.41) is 0. The lowest BCUT2D eigenvalue weighted by Gasteiger charge is -2.42. The summed E-state index contributed by atoms with van der Waals surface area (Å²) >= 11 is 0. The van der Waals surface area contributed by atoms with Crippen LogP contribution in [0.2, 0.25) is 0 Å². The Morgan fingerprint density at radius 3 is 2.45 bits per heavy atom. The van der Waals surface area contributed by atoms with E-state index in [4.69, 9.17) is 14.2 Å². The molecule has 33 heavy (non-hydrogen) atoms. The highest BCUT2D eigenvalue weighted by Gasteiger charge is 2.63. The van der Waals surface area contributed by atoms with Gasteiger partial charge in [0.05, 0.1) is 29.5 Å². The Balaban J connectivity index is 1.31. The molecule has 0 amide bonds. The molecule has 0 spiro atoms. The van der Waals surface area contributed by atoms with E-state index in [1.807, 2.05) is 6.92 Å². The summed E-state index contributed by atoms with van der Waals surface area (Å²) in [6, 6.07) is 0. The first-order valence-electron chi connectivity index (χ1n) is 13.3. The van der Waals surface area contributed by atoms with Crippen LogP contribution in [0.15, 0.2) is 0 Å². The van der Waals surface area contributed by atoms with Gasteiger partial charge in [-0.25, -0.2) is 0 Å². The summed E-state index contributed by atoms with van der Waals surface area (Å²) in [5.41, 5.74) is -1.64. The van der Waals surface area contributed by atoms with E-state index < -0.39 is 46.9 Å². The minimum Gasteiger partial charge on any atom is -0.459 e. The lowest BCUT2D eigenvalue weighted by molar-refractivity contribution is -0.184. The number of esters is 3. The maximum atomic E-state index is 13.6. The average molecular weight is 461 g/mol. The van der Waals surface area contributed by atoms with Crippen molar-refractivity contribution in [2.45, 2.75) is 110 Å². The molecule has 184 valence electrons. The van der Waals surface area contributed by atoms with Gasteiger partial charge in [0.25, 0.3) is 0 Å². The summed E-state index contributed by atoms with van der Waals surface area (Å²) in [5.74, 6) is -0.729. The molecule has 5 fully saturated rings. The SMILES string of the molecule is CC(OC1CCCCC1)C1C(=O)OC(=O)C1C(C)(C)C(=O)OC1(C)CC2CC1C1CCCC21. The van der Waals surface area contributed by atoms with E-state index in [1.54, 1.807) is 13.8 Å². The third-order valence-electron chi connectivity index (χ3n) is 9.94. The highest BCUT2D eigenvalue weighted by molar-refractivity contribution is 6.00. The van der Waals surface area contributed by atoms with Crippen molar-refractivity contribution in [3.63, 3.8) is 0 Å². The van der Waals surface area contributed by atoms with E-state index in [2.05, 4.69) is 6.92 Å². The zero-order valence-electron chi connectivity index (χ0n) is 20.6. The summed E-state index contributed by atoms with van der Waals surface area (Å²) in [6.45, 7) is 7.39. The normalized spacial score (nSPS) is 41.8. The van der Waals surface area contributed by atoms with Crippen LogP contribution >= 0.6 is 0 Å². The predicted octanol–water partition coefficient (Wildman–Crippen LogP) is 4.82. The average Bonchev–Trinajstić information content (AvgIpc) is 3.49. The van der Waals surface area contributed by atoms with Gasteiger partial charge in [0.2, 0.25) is 0 Å². The molecule has 0 N–H and O–H groups in total. The van der Waals surface area contributed by atoms with E-state index in [1.165, 1.54) is 25.7 Å². The van der Waals surface area contributed by atoms with Gasteiger partial charge >= 0.3 is 17.9 Å². The first-order chi connectivity index (χ1) is 15.6. The molecule has 0 aromatic rings. The number of cyclic esters (lactones) is 2. The second kappa shape index (κ2) is 8.35. The van der Waals surface area contributed by atoms with Crippen molar-refractivity contribution >= 4 is 17.9 Å². The fourth-order valence-electron chi connectivity index (χ4n) is 8.28. The van der Waals surface area contributed by atoms with Crippen LogP contribution in [-0.2, 0) is 28.6 Å². The molecule has 0 radical (unpaired) electrons. The third-order valence-corrected chi connectivity index (χ3v) is 9.94. The van der Waals surface area contributed by atoms with Crippen LogP contribution in [0.5, 0.6) is 0 Å². The fourth-order valence-corrected chi connectivity index (χ4v) is 8.28. The van der Waals surface area contributed by atoms with Crippen molar-refractivity contribution in [2.75, 3.05) is 0 Å². The van der Waals surface area contributed by atoms with Crippen molar-refractivity contribution in [1.82, 2.24) is 0 Å². The first-order valence-corrected chi connectivity index (χ1v) is 13.3. The summed E-state index contributed by atoms with van der Waals surface area (Å²) in [6.07, 6.45) is 10.9. The van der Waals surface area contributed by atoms with Crippen LogP contribution in [0.4, 0.5) is 0 Å². The van der Waals surface area contributed by atoms with E-state index in [0.29, 0.717) is 17.8 Å². The largest absolute Gasteiger partial charge is 0.459 e. The number of ether oxygens (including phenoxy) is 3. The number of fused-ring (bicyclic) bond motifs is 5. The summed E-state index contributed by atoms with van der Waals surface area (Å²) in [4.78, 5) is 39.1. The molecular weight excluding hydrogens is 420 g/mol. The third kappa shape index (κ3) is 3.84. The highest BCUT2D eigenvalue weighted by atomic mass is 16.6. The molecule has 2 bridgehead atoms. The number of carbonyl (C=O) groups excluding carboxylic acids is 3. The molecular formula is C27H40O6. The summed E-state index contributed by atoms with van der Waals surface area (Å²) < 4.78 is 17.6. The number of hydrogen-bond donors (Lipinski definition) is 0. The number of carbonyl (C=O) groups is 3. The zero-order valence-corrected chi connectivity index (χ0v) is 20.6. The van der Waals surface area contributed by atoms with E-state index in [-0.39, 0.29) is 6.10 Å². The molecule has 0 aromatic carbocycles. The molecule has 6 nitrogen and oxygen atoms in total. The van der Waals surface area contributed by atoms with Gasteiger partial charge in [-0.2, -0.15) is 0 Å². The molecule has 6 heteroatoms. The molecule has 4 saturated carbocycles. The van der Waals surface area contributed by atoms with Gasteiger partial charge in [-0.15, -0.1) is 0 Å². The first kappa shape index (κ1) is 23.3. The minimum atomic E-state index is -1.17. The van der Waals surface area contributed by atoms with Gasteiger partial charge in [0, 0.05) is 5.92 Å². The molecule has 5 rings (SSSR count). The van der Waals surface area contributed by atoms with Crippen molar-refractivity contribution in [3.05, 3.63) is 0 Å². The lowest BCUT2D eigenvalue weighted by Crippen LogP contribution is -2.49. The predicted molar refractivity (Wildman–Crippen MR) is 121 cm³/mol. The Hall–Kier alpha value is -1.43. The molecule has 5 aliphatic rings. The Morgan fingerprint density at radius 1 is 1.03 bits per heavy atom. The monoisotopic (exact) mass is 460 g/mol. The maximum absolute atomic E-state index is 13.6. The van der Waals surface area contributed by atoms with Crippen LogP contribution in [-0.4, -0.2) is 35.7 Å². The lowest BCUT2D eigenvalue weighted by atomic mass is 9.70. The molecule has 1 saturated heterocycles. The Kier molecular flexibility index (Phi) is 5.90. The number of hydrogen-bond acceptors (Lipinski definition) is 6. The second-order valence-corrected chi connectivity index (χ2v) is 12.3. The van der Waals surface area contributed by atoms with E-state index in [9.17, 15) is 14.4 Å². The van der Waals surface area contributed by atoms with Crippen molar-refractivity contribution in [2.24, 2.45) is 40.9 Å². The molecule has 1 heterocycles. The summed E-state index contributed by atoms with van der Waals surface area (Å²) in [7, 11) is 0. The van der Waals surface area contributed by atoms with Gasteiger partial charge in [0.15, 0.2) is 0 Å². The molecule has 1 aliphatic heterocycles. The fraction of sp³-hybridized carbons (Fsp3) is 0.889. The Labute approximate surface area is 197 Å². The standard InChI is InChI=1S/C27H40O6/c1-15(31-17-9-6-5-7-10-17)21-22(24(29)32-23(21)28)26(2,3)25(30)33-27(4)14-16-13-20(27)19-12-8-11-18(16)19/h15-22H,5-14H2,1-4H3. The Bertz CT molecular complexity index is 813. The van der Waals surface area contributed by atoms with Crippen LogP contribution in [0.3, 0.4) is 0 Å². The van der Waals surface area contributed by atoms with Gasteiger partial charge in [-0.3, -0.25) is 14.4 Å². The van der Waals surface area contributed by atoms with Crippen LogP contribution in [0.25, 0.3) is 0 Å². The van der Waals surface area contributed by atoms with Crippen LogP contribution in [0.1, 0.15) is 91.9 Å². The molecule has 0 aromatic heterocycles. The topological polar surface area (TPSA) is 78.9 Å². The van der Waals surface area contributed by atoms with Crippen molar-refractivity contribution in [1.29, 1.82) is 0 Å². The van der Waals surface area contributed by atoms with Crippen molar-refractivity contribution in [3.8, 4) is 0 Å². The maximum Gasteiger partial charge on any atom is 0.320 e. The van der Waals surface area contributed by atoms with Gasteiger partial charge < -0.3 is 14.2 Å². The van der Waals surface area contributed by atoms with Gasteiger partial charge in [-0.05, 0) is 84.0 Å². The van der Waals surface area contributed by atoms with Gasteiger partial charge in [0.1, 0.15) is 5.60 Å².